The van der Waals surface area contributed by atoms with Crippen LogP contribution in [-0.4, -0.2) is 39.1 Å². The Labute approximate surface area is 158 Å². The smallest absolute Gasteiger partial charge is 0.407 e. The van der Waals surface area contributed by atoms with Crippen molar-refractivity contribution in [2.24, 2.45) is 0 Å². The topological polar surface area (TPSA) is 103 Å². The molecule has 27 heavy (non-hydrogen) atoms. The zero-order chi connectivity index (χ0) is 20.0. The fourth-order valence-corrected chi connectivity index (χ4v) is 2.32. The van der Waals surface area contributed by atoms with Crippen molar-refractivity contribution in [3.05, 3.63) is 47.8 Å². The van der Waals surface area contributed by atoms with E-state index in [2.05, 4.69) is 10.4 Å². The zero-order valence-electron chi connectivity index (χ0n) is 15.9. The molecule has 1 aromatic heterocycles. The number of carbonyl (C=O) groups excluding carboxylic acids is 1. The van der Waals surface area contributed by atoms with Gasteiger partial charge in [0.25, 0.3) is 0 Å². The number of carboxylic acid groups (broad SMARTS) is 1. The van der Waals surface area contributed by atoms with E-state index >= 15 is 0 Å². The zero-order valence-corrected chi connectivity index (χ0v) is 15.9. The SMILES string of the molecule is C[C@H](CNC(=O)OC(C)(C)C)n1nc(COc2ccccc2)cc1C(=O)O. The summed E-state index contributed by atoms with van der Waals surface area (Å²) in [4.78, 5) is 23.3. The largest absolute Gasteiger partial charge is 0.487 e. The highest BCUT2D eigenvalue weighted by molar-refractivity contribution is 5.85. The number of nitrogens with zero attached hydrogens (tertiary/aromatic N) is 2. The molecule has 0 aliphatic carbocycles. The molecule has 0 aliphatic rings. The van der Waals surface area contributed by atoms with Gasteiger partial charge in [0.2, 0.25) is 0 Å². The molecule has 146 valence electrons. The number of alkyl carbamates (subject to hydrolysis) is 1. The quantitative estimate of drug-likeness (QED) is 0.770. The molecule has 0 fully saturated rings. The average molecular weight is 375 g/mol. The van der Waals surface area contributed by atoms with Crippen molar-refractivity contribution in [3.8, 4) is 5.75 Å². The maximum atomic E-state index is 11.8. The first kappa shape index (κ1) is 20.3. The molecule has 2 aromatic rings. The minimum Gasteiger partial charge on any atom is -0.487 e. The van der Waals surface area contributed by atoms with Crippen molar-refractivity contribution < 1.29 is 24.2 Å². The van der Waals surface area contributed by atoms with Crippen molar-refractivity contribution in [3.63, 3.8) is 0 Å². The molecule has 1 aromatic carbocycles. The molecule has 1 atom stereocenters. The van der Waals surface area contributed by atoms with Crippen molar-refractivity contribution in [2.75, 3.05) is 6.54 Å². The number of amides is 1. The molecule has 1 amide bonds. The Hall–Kier alpha value is -3.03. The van der Waals surface area contributed by atoms with Gasteiger partial charge in [-0.05, 0) is 45.9 Å². The first-order chi connectivity index (χ1) is 12.7. The number of hydrogen-bond acceptors (Lipinski definition) is 5. The predicted molar refractivity (Wildman–Crippen MR) is 98.9 cm³/mol. The molecule has 2 rings (SSSR count). The van der Waals surface area contributed by atoms with E-state index in [0.29, 0.717) is 11.4 Å². The highest BCUT2D eigenvalue weighted by Gasteiger charge is 2.21. The molecule has 0 spiro atoms. The Balaban J connectivity index is 2.03. The van der Waals surface area contributed by atoms with Gasteiger partial charge in [-0.15, -0.1) is 0 Å². The third kappa shape index (κ3) is 6.32. The van der Waals surface area contributed by atoms with Gasteiger partial charge in [-0.1, -0.05) is 18.2 Å². The number of para-hydroxylation sites is 1. The molecule has 0 unspecified atom stereocenters. The standard InChI is InChI=1S/C19H25N3O5/c1-13(11-20-18(25)27-19(2,3)4)22-16(17(23)24)10-14(21-22)12-26-15-8-6-5-7-9-15/h5-10,13H,11-12H2,1-4H3,(H,20,25)(H,23,24)/t13-/m1/s1. The summed E-state index contributed by atoms with van der Waals surface area (Å²) in [7, 11) is 0. The normalized spacial score (nSPS) is 12.3. The fraction of sp³-hybridized carbons (Fsp3) is 0.421. The van der Waals surface area contributed by atoms with Gasteiger partial charge in [-0.2, -0.15) is 5.10 Å². The molecular formula is C19H25N3O5. The minimum atomic E-state index is -1.10. The van der Waals surface area contributed by atoms with Crippen LogP contribution in [-0.2, 0) is 11.3 Å². The Morgan fingerprint density at radius 1 is 1.26 bits per heavy atom. The van der Waals surface area contributed by atoms with Crippen LogP contribution in [0.15, 0.2) is 36.4 Å². The summed E-state index contributed by atoms with van der Waals surface area (Å²) in [5, 5.41) is 16.4. The third-order valence-corrected chi connectivity index (χ3v) is 3.49. The maximum Gasteiger partial charge on any atom is 0.407 e. The highest BCUT2D eigenvalue weighted by atomic mass is 16.6. The summed E-state index contributed by atoms with van der Waals surface area (Å²) in [6, 6.07) is 10.3. The lowest BCUT2D eigenvalue weighted by molar-refractivity contribution is 0.0520. The van der Waals surface area contributed by atoms with Gasteiger partial charge in [0, 0.05) is 6.54 Å². The second kappa shape index (κ2) is 8.57. The summed E-state index contributed by atoms with van der Waals surface area (Å²) < 4.78 is 12.2. The Morgan fingerprint density at radius 2 is 1.93 bits per heavy atom. The number of hydrogen-bond donors (Lipinski definition) is 2. The maximum absolute atomic E-state index is 11.8. The molecule has 2 N–H and O–H groups in total. The number of ether oxygens (including phenoxy) is 2. The van der Waals surface area contributed by atoms with E-state index in [-0.39, 0.29) is 24.9 Å². The number of carboxylic acids is 1. The van der Waals surface area contributed by atoms with Gasteiger partial charge >= 0.3 is 12.1 Å². The van der Waals surface area contributed by atoms with Gasteiger partial charge in [-0.25, -0.2) is 9.59 Å². The second-order valence-corrected chi connectivity index (χ2v) is 7.10. The first-order valence-corrected chi connectivity index (χ1v) is 8.62. The van der Waals surface area contributed by atoms with Gasteiger partial charge in [0.15, 0.2) is 0 Å². The van der Waals surface area contributed by atoms with Crippen LogP contribution in [0.1, 0.15) is 49.9 Å². The monoisotopic (exact) mass is 375 g/mol. The molecule has 8 heteroatoms. The number of aromatic carboxylic acids is 1. The summed E-state index contributed by atoms with van der Waals surface area (Å²) in [5.74, 6) is -0.429. The molecule has 8 nitrogen and oxygen atoms in total. The lowest BCUT2D eigenvalue weighted by Crippen LogP contribution is -2.36. The predicted octanol–water partition coefficient (Wildman–Crippen LogP) is 3.25. The van der Waals surface area contributed by atoms with Crippen LogP contribution >= 0.6 is 0 Å². The minimum absolute atomic E-state index is 0.0279. The second-order valence-electron chi connectivity index (χ2n) is 7.10. The van der Waals surface area contributed by atoms with Crippen LogP contribution in [0.4, 0.5) is 4.79 Å². The van der Waals surface area contributed by atoms with Gasteiger partial charge in [0.05, 0.1) is 6.04 Å². The Bertz CT molecular complexity index is 780. The van der Waals surface area contributed by atoms with Gasteiger partial charge < -0.3 is 19.9 Å². The molecule has 0 saturated heterocycles. The van der Waals surface area contributed by atoms with E-state index in [1.807, 2.05) is 30.3 Å². The Morgan fingerprint density at radius 3 is 2.52 bits per heavy atom. The molecular weight excluding hydrogens is 350 g/mol. The van der Waals surface area contributed by atoms with Crippen molar-refractivity contribution in [2.45, 2.75) is 45.9 Å². The highest BCUT2D eigenvalue weighted by Crippen LogP contribution is 2.15. The summed E-state index contributed by atoms with van der Waals surface area (Å²) in [5.41, 5.74) is -0.0896. The Kier molecular flexibility index (Phi) is 6.44. The average Bonchev–Trinajstić information content (AvgIpc) is 3.02. The molecule has 0 aliphatic heterocycles. The molecule has 0 radical (unpaired) electrons. The number of carbonyl (C=O) groups is 2. The lowest BCUT2D eigenvalue weighted by Gasteiger charge is -2.21. The number of benzene rings is 1. The van der Waals surface area contributed by atoms with E-state index in [1.54, 1.807) is 27.7 Å². The van der Waals surface area contributed by atoms with Gasteiger partial charge in [-0.3, -0.25) is 4.68 Å². The van der Waals surface area contributed by atoms with E-state index in [9.17, 15) is 14.7 Å². The number of nitrogens with one attached hydrogen (secondary N) is 1. The van der Waals surface area contributed by atoms with Crippen LogP contribution in [0.25, 0.3) is 0 Å². The molecule has 0 bridgehead atoms. The number of rotatable bonds is 7. The van der Waals surface area contributed by atoms with Crippen LogP contribution in [0, 0.1) is 0 Å². The molecule has 1 heterocycles. The van der Waals surface area contributed by atoms with Gasteiger partial charge in [0.1, 0.15) is 29.3 Å². The van der Waals surface area contributed by atoms with E-state index in [1.165, 1.54) is 10.7 Å². The van der Waals surface area contributed by atoms with Crippen LogP contribution in [0.5, 0.6) is 5.75 Å². The van der Waals surface area contributed by atoms with Crippen molar-refractivity contribution in [1.82, 2.24) is 15.1 Å². The molecule has 0 saturated carbocycles. The van der Waals surface area contributed by atoms with Crippen molar-refractivity contribution in [1.29, 1.82) is 0 Å². The fourth-order valence-electron chi connectivity index (χ4n) is 2.32. The summed E-state index contributed by atoms with van der Waals surface area (Å²) in [6.07, 6.45) is -0.564. The van der Waals surface area contributed by atoms with E-state index in [4.69, 9.17) is 9.47 Å². The van der Waals surface area contributed by atoms with E-state index in [0.717, 1.165) is 0 Å². The summed E-state index contributed by atoms with van der Waals surface area (Å²) in [6.45, 7) is 7.39. The third-order valence-electron chi connectivity index (χ3n) is 3.49. The van der Waals surface area contributed by atoms with Crippen LogP contribution in [0.2, 0.25) is 0 Å². The van der Waals surface area contributed by atoms with Crippen LogP contribution in [0.3, 0.4) is 0 Å². The number of aromatic nitrogens is 2. The first-order valence-electron chi connectivity index (χ1n) is 8.62. The lowest BCUT2D eigenvalue weighted by atomic mass is 10.2. The van der Waals surface area contributed by atoms with Crippen LogP contribution < -0.4 is 10.1 Å². The van der Waals surface area contributed by atoms with E-state index < -0.39 is 17.7 Å². The van der Waals surface area contributed by atoms with Crippen molar-refractivity contribution >= 4 is 12.1 Å². The summed E-state index contributed by atoms with van der Waals surface area (Å²) >= 11 is 0.